The standard InChI is InChI=1S/C22H26N2O6S/c1-22(2)12-16(15-10-9-14(28-3)11-19(15)30-22)23-21(25)20-13-24(31(4,26)27)17-7-5-6-8-18(17)29-20/h5-11,16,20H,12-13H2,1-4H3,(H,23,25)/t16-,20-/m1/s1. The van der Waals surface area contributed by atoms with Crippen molar-refractivity contribution in [1.29, 1.82) is 0 Å². The lowest BCUT2D eigenvalue weighted by Crippen LogP contribution is -2.52. The van der Waals surface area contributed by atoms with Crippen LogP contribution in [0.3, 0.4) is 0 Å². The molecule has 9 heteroatoms. The van der Waals surface area contributed by atoms with E-state index in [0.717, 1.165) is 11.8 Å². The van der Waals surface area contributed by atoms with E-state index in [1.54, 1.807) is 37.4 Å². The molecule has 0 saturated carbocycles. The van der Waals surface area contributed by atoms with Crippen LogP contribution >= 0.6 is 0 Å². The summed E-state index contributed by atoms with van der Waals surface area (Å²) in [5, 5.41) is 3.03. The van der Waals surface area contributed by atoms with Crippen molar-refractivity contribution in [3.05, 3.63) is 48.0 Å². The molecule has 0 bridgehead atoms. The summed E-state index contributed by atoms with van der Waals surface area (Å²) in [6.07, 6.45) is 0.698. The van der Waals surface area contributed by atoms with Crippen LogP contribution in [0.25, 0.3) is 0 Å². The molecule has 2 aromatic carbocycles. The maximum absolute atomic E-state index is 13.2. The number of benzene rings is 2. The fourth-order valence-electron chi connectivity index (χ4n) is 4.01. The van der Waals surface area contributed by atoms with Gasteiger partial charge in [-0.15, -0.1) is 0 Å². The van der Waals surface area contributed by atoms with Gasteiger partial charge in [0.15, 0.2) is 6.10 Å². The van der Waals surface area contributed by atoms with Gasteiger partial charge in [-0.3, -0.25) is 9.10 Å². The normalized spacial score (nSPS) is 21.7. The average Bonchev–Trinajstić information content (AvgIpc) is 2.70. The molecule has 0 spiro atoms. The number of para-hydroxylation sites is 2. The summed E-state index contributed by atoms with van der Waals surface area (Å²) in [5.74, 6) is 1.29. The van der Waals surface area contributed by atoms with Crippen LogP contribution in [-0.2, 0) is 14.8 Å². The van der Waals surface area contributed by atoms with E-state index in [-0.39, 0.29) is 18.5 Å². The second-order valence-electron chi connectivity index (χ2n) is 8.40. The van der Waals surface area contributed by atoms with Crippen molar-refractivity contribution in [2.24, 2.45) is 0 Å². The summed E-state index contributed by atoms with van der Waals surface area (Å²) in [7, 11) is -1.99. The first kappa shape index (κ1) is 21.3. The van der Waals surface area contributed by atoms with Crippen LogP contribution < -0.4 is 23.8 Å². The van der Waals surface area contributed by atoms with E-state index in [1.165, 1.54) is 4.31 Å². The number of fused-ring (bicyclic) bond motifs is 2. The van der Waals surface area contributed by atoms with Gasteiger partial charge in [-0.1, -0.05) is 12.1 Å². The number of sulfonamides is 1. The van der Waals surface area contributed by atoms with Crippen LogP contribution in [0.15, 0.2) is 42.5 Å². The molecule has 4 rings (SSSR count). The van der Waals surface area contributed by atoms with Gasteiger partial charge < -0.3 is 19.5 Å². The number of nitrogens with zero attached hydrogens (tertiary/aromatic N) is 1. The van der Waals surface area contributed by atoms with Crippen LogP contribution in [0.1, 0.15) is 31.9 Å². The lowest BCUT2D eigenvalue weighted by atomic mass is 9.89. The van der Waals surface area contributed by atoms with E-state index in [2.05, 4.69) is 5.32 Å². The number of methoxy groups -OCH3 is 1. The molecule has 1 amide bonds. The summed E-state index contributed by atoms with van der Waals surface area (Å²) < 4.78 is 43.1. The fourth-order valence-corrected chi connectivity index (χ4v) is 4.92. The van der Waals surface area contributed by atoms with Gasteiger partial charge in [0.2, 0.25) is 10.0 Å². The van der Waals surface area contributed by atoms with Gasteiger partial charge in [-0.2, -0.15) is 0 Å². The van der Waals surface area contributed by atoms with E-state index < -0.39 is 21.7 Å². The summed E-state index contributed by atoms with van der Waals surface area (Å²) >= 11 is 0. The molecule has 0 saturated heterocycles. The SMILES string of the molecule is COc1ccc2c(c1)OC(C)(C)C[C@H]2NC(=O)[C@H]1CN(S(C)(=O)=O)c2ccccc2O1. The molecule has 2 atom stereocenters. The van der Waals surface area contributed by atoms with Crippen molar-refractivity contribution >= 4 is 21.6 Å². The first-order chi connectivity index (χ1) is 14.6. The van der Waals surface area contributed by atoms with Crippen molar-refractivity contribution in [2.75, 3.05) is 24.2 Å². The molecule has 166 valence electrons. The van der Waals surface area contributed by atoms with E-state index in [0.29, 0.717) is 29.4 Å². The lowest BCUT2D eigenvalue weighted by Gasteiger charge is -2.39. The topological polar surface area (TPSA) is 94.2 Å². The van der Waals surface area contributed by atoms with Gasteiger partial charge in [0.1, 0.15) is 22.8 Å². The Hall–Kier alpha value is -2.94. The molecule has 1 N–H and O–H groups in total. The molecular weight excluding hydrogens is 420 g/mol. The molecule has 8 nitrogen and oxygen atoms in total. The van der Waals surface area contributed by atoms with Gasteiger partial charge in [0.25, 0.3) is 5.91 Å². The van der Waals surface area contributed by atoms with Crippen molar-refractivity contribution in [1.82, 2.24) is 5.32 Å². The van der Waals surface area contributed by atoms with Gasteiger partial charge in [0.05, 0.1) is 31.6 Å². The monoisotopic (exact) mass is 446 g/mol. The van der Waals surface area contributed by atoms with E-state index in [9.17, 15) is 13.2 Å². The Labute approximate surface area is 182 Å². The number of ether oxygens (including phenoxy) is 3. The quantitative estimate of drug-likeness (QED) is 0.776. The van der Waals surface area contributed by atoms with E-state index >= 15 is 0 Å². The molecule has 0 aromatic heterocycles. The zero-order valence-corrected chi connectivity index (χ0v) is 18.7. The van der Waals surface area contributed by atoms with Gasteiger partial charge in [-0.05, 0) is 38.1 Å². The number of nitrogens with one attached hydrogen (secondary N) is 1. The number of anilines is 1. The number of amides is 1. The molecular formula is C22H26N2O6S. The number of rotatable bonds is 4. The third kappa shape index (κ3) is 4.27. The third-order valence-electron chi connectivity index (χ3n) is 5.42. The lowest BCUT2D eigenvalue weighted by molar-refractivity contribution is -0.129. The predicted octanol–water partition coefficient (Wildman–Crippen LogP) is 2.64. The zero-order chi connectivity index (χ0) is 22.4. The Bertz CT molecular complexity index is 1110. The minimum absolute atomic E-state index is 0.0935. The van der Waals surface area contributed by atoms with E-state index in [1.807, 2.05) is 26.0 Å². The van der Waals surface area contributed by atoms with E-state index in [4.69, 9.17) is 14.2 Å². The second-order valence-corrected chi connectivity index (χ2v) is 10.3. The molecule has 2 heterocycles. The Balaban J connectivity index is 1.60. The molecule has 2 aromatic rings. The Morgan fingerprint density at radius 1 is 1.19 bits per heavy atom. The highest BCUT2D eigenvalue weighted by Gasteiger charge is 2.39. The van der Waals surface area contributed by atoms with Gasteiger partial charge >= 0.3 is 0 Å². The second kappa shape index (κ2) is 7.64. The number of hydrogen-bond donors (Lipinski definition) is 1. The summed E-state index contributed by atoms with van der Waals surface area (Å²) in [4.78, 5) is 13.2. The van der Waals surface area contributed by atoms with Crippen molar-refractivity contribution < 1.29 is 27.4 Å². The summed E-state index contributed by atoms with van der Waals surface area (Å²) in [6, 6.07) is 12.0. The number of carbonyl (C=O) groups excluding carboxylic acids is 1. The maximum Gasteiger partial charge on any atom is 0.263 e. The van der Waals surface area contributed by atoms with Crippen LogP contribution in [0.5, 0.6) is 17.2 Å². The van der Waals surface area contributed by atoms with Crippen molar-refractivity contribution in [3.8, 4) is 17.2 Å². The Morgan fingerprint density at radius 3 is 2.65 bits per heavy atom. The first-order valence-corrected chi connectivity index (χ1v) is 11.8. The first-order valence-electron chi connectivity index (χ1n) is 9.98. The zero-order valence-electron chi connectivity index (χ0n) is 17.9. The summed E-state index contributed by atoms with van der Waals surface area (Å²) in [6.45, 7) is 3.81. The fraction of sp³-hybridized carbons (Fsp3) is 0.409. The average molecular weight is 447 g/mol. The number of hydrogen-bond acceptors (Lipinski definition) is 6. The Kier molecular flexibility index (Phi) is 5.25. The third-order valence-corrected chi connectivity index (χ3v) is 6.57. The minimum Gasteiger partial charge on any atom is -0.497 e. The molecule has 2 aliphatic heterocycles. The molecule has 0 fully saturated rings. The smallest absolute Gasteiger partial charge is 0.263 e. The Morgan fingerprint density at radius 2 is 1.94 bits per heavy atom. The maximum atomic E-state index is 13.2. The van der Waals surface area contributed by atoms with Crippen LogP contribution in [0.4, 0.5) is 5.69 Å². The van der Waals surface area contributed by atoms with Crippen LogP contribution in [-0.4, -0.2) is 45.9 Å². The highest BCUT2D eigenvalue weighted by molar-refractivity contribution is 7.92. The van der Waals surface area contributed by atoms with Crippen molar-refractivity contribution in [2.45, 2.75) is 38.0 Å². The molecule has 0 radical (unpaired) electrons. The van der Waals surface area contributed by atoms with Gasteiger partial charge in [-0.25, -0.2) is 8.42 Å². The largest absolute Gasteiger partial charge is 0.497 e. The molecule has 0 unspecified atom stereocenters. The highest BCUT2D eigenvalue weighted by atomic mass is 32.2. The highest BCUT2D eigenvalue weighted by Crippen LogP contribution is 2.41. The summed E-state index contributed by atoms with van der Waals surface area (Å²) in [5.41, 5.74) is 0.763. The molecule has 31 heavy (non-hydrogen) atoms. The molecule has 2 aliphatic rings. The van der Waals surface area contributed by atoms with Crippen LogP contribution in [0.2, 0.25) is 0 Å². The molecule has 0 aliphatic carbocycles. The van der Waals surface area contributed by atoms with Gasteiger partial charge in [0, 0.05) is 18.1 Å². The predicted molar refractivity (Wildman–Crippen MR) is 116 cm³/mol. The number of carbonyl (C=O) groups is 1. The van der Waals surface area contributed by atoms with Crippen LogP contribution in [0, 0.1) is 0 Å². The minimum atomic E-state index is -3.57. The van der Waals surface area contributed by atoms with Crippen molar-refractivity contribution in [3.63, 3.8) is 0 Å².